The second-order valence-corrected chi connectivity index (χ2v) is 7.05. The van der Waals surface area contributed by atoms with Crippen molar-refractivity contribution >= 4 is 27.7 Å². The lowest BCUT2D eigenvalue weighted by Gasteiger charge is -2.27. The summed E-state index contributed by atoms with van der Waals surface area (Å²) in [5.41, 5.74) is 0.280. The number of carbonyl (C=O) groups is 2. The molecule has 8 heteroatoms. The molecule has 0 atom stereocenters. The first-order chi connectivity index (χ1) is 10.8. The van der Waals surface area contributed by atoms with Gasteiger partial charge in [-0.05, 0) is 12.1 Å². The second-order valence-electron chi connectivity index (χ2n) is 5.19. The Morgan fingerprint density at radius 3 is 2.48 bits per heavy atom. The fourth-order valence-corrected chi connectivity index (χ4v) is 3.38. The molecule has 1 heterocycles. The predicted octanol–water partition coefficient (Wildman–Crippen LogP) is 1.36. The summed E-state index contributed by atoms with van der Waals surface area (Å²) in [5, 5.41) is 0. The average molecular weight is 339 g/mol. The quantitative estimate of drug-likeness (QED) is 0.770. The van der Waals surface area contributed by atoms with Crippen LogP contribution in [0.15, 0.2) is 35.4 Å². The van der Waals surface area contributed by atoms with Crippen molar-refractivity contribution in [3.8, 4) is 0 Å². The largest absolute Gasteiger partial charge is 0.468 e. The van der Waals surface area contributed by atoms with E-state index in [2.05, 4.69) is 4.74 Å². The highest BCUT2D eigenvalue weighted by Crippen LogP contribution is 2.33. The zero-order valence-electron chi connectivity index (χ0n) is 13.0. The minimum absolute atomic E-state index is 0.0297. The van der Waals surface area contributed by atoms with Crippen LogP contribution in [0.4, 0.5) is 0 Å². The van der Waals surface area contributed by atoms with Crippen LogP contribution >= 0.6 is 0 Å². The van der Waals surface area contributed by atoms with Gasteiger partial charge >= 0.3 is 11.9 Å². The highest BCUT2D eigenvalue weighted by Gasteiger charge is 2.34. The molecule has 1 aliphatic rings. The van der Waals surface area contributed by atoms with Crippen molar-refractivity contribution in [2.24, 2.45) is 5.92 Å². The molecular formula is C15H17NO6S. The molecule has 1 aromatic rings. The van der Waals surface area contributed by atoms with Crippen LogP contribution in [0.3, 0.4) is 0 Å². The molecule has 1 aliphatic heterocycles. The van der Waals surface area contributed by atoms with E-state index in [0.717, 1.165) is 17.6 Å². The number of benzene rings is 1. The van der Waals surface area contributed by atoms with Crippen molar-refractivity contribution in [3.05, 3.63) is 36.0 Å². The van der Waals surface area contributed by atoms with Crippen molar-refractivity contribution in [1.29, 1.82) is 0 Å². The van der Waals surface area contributed by atoms with E-state index in [1.165, 1.54) is 6.07 Å². The van der Waals surface area contributed by atoms with Crippen molar-refractivity contribution in [1.82, 2.24) is 4.31 Å². The molecule has 0 saturated carbocycles. The van der Waals surface area contributed by atoms with Gasteiger partial charge in [0.25, 0.3) is 10.0 Å². The number of rotatable bonds is 4. The first-order valence-corrected chi connectivity index (χ1v) is 8.33. The van der Waals surface area contributed by atoms with Gasteiger partial charge in [-0.3, -0.25) is 13.9 Å². The maximum atomic E-state index is 12.6. The van der Waals surface area contributed by atoms with Gasteiger partial charge in [-0.25, -0.2) is 8.42 Å². The fraction of sp³-hybridized carbons (Fsp3) is 0.333. The number of esters is 2. The second kappa shape index (κ2) is 6.41. The molecule has 23 heavy (non-hydrogen) atoms. The third-order valence-electron chi connectivity index (χ3n) is 3.19. The Balaban J connectivity index is 2.50. The van der Waals surface area contributed by atoms with Gasteiger partial charge in [0.1, 0.15) is 6.54 Å². The first-order valence-electron chi connectivity index (χ1n) is 6.89. The van der Waals surface area contributed by atoms with Crippen LogP contribution in [-0.4, -0.2) is 38.3 Å². The van der Waals surface area contributed by atoms with E-state index in [4.69, 9.17) is 4.74 Å². The Hall–Kier alpha value is -2.35. The van der Waals surface area contributed by atoms with Crippen molar-refractivity contribution in [2.45, 2.75) is 18.7 Å². The molecule has 0 aliphatic carbocycles. The maximum Gasteiger partial charge on any atom is 0.326 e. The number of methoxy groups -OCH3 is 1. The lowest BCUT2D eigenvalue weighted by Crippen LogP contribution is -2.35. The van der Waals surface area contributed by atoms with Crippen LogP contribution in [0.2, 0.25) is 0 Å². The summed E-state index contributed by atoms with van der Waals surface area (Å²) < 4.78 is 35.7. The Morgan fingerprint density at radius 1 is 1.22 bits per heavy atom. The average Bonchev–Trinajstić information content (AvgIpc) is 2.51. The summed E-state index contributed by atoms with van der Waals surface area (Å²) in [4.78, 5) is 23.3. The fourth-order valence-electron chi connectivity index (χ4n) is 1.92. The molecule has 0 fully saturated rings. The summed E-state index contributed by atoms with van der Waals surface area (Å²) >= 11 is 0. The summed E-state index contributed by atoms with van der Waals surface area (Å²) in [6.07, 6.45) is 1.13. The third-order valence-corrected chi connectivity index (χ3v) is 4.96. The molecule has 0 bridgehead atoms. The Morgan fingerprint density at radius 2 is 1.87 bits per heavy atom. The lowest BCUT2D eigenvalue weighted by atomic mass is 10.2. The summed E-state index contributed by atoms with van der Waals surface area (Å²) in [5.74, 6) is -1.52. The van der Waals surface area contributed by atoms with Crippen LogP contribution in [0.5, 0.6) is 0 Å². The molecule has 0 radical (unpaired) electrons. The van der Waals surface area contributed by atoms with Gasteiger partial charge in [0.05, 0.1) is 24.1 Å². The molecule has 7 nitrogen and oxygen atoms in total. The van der Waals surface area contributed by atoms with E-state index in [1.54, 1.807) is 32.0 Å². The molecule has 1 aromatic carbocycles. The first kappa shape index (κ1) is 17.0. The minimum Gasteiger partial charge on any atom is -0.468 e. The highest BCUT2D eigenvalue weighted by molar-refractivity contribution is 7.89. The molecule has 0 spiro atoms. The molecule has 0 unspecified atom stereocenters. The number of nitrogens with zero attached hydrogens (tertiary/aromatic N) is 1. The van der Waals surface area contributed by atoms with E-state index in [-0.39, 0.29) is 22.1 Å². The molecule has 0 amide bonds. The van der Waals surface area contributed by atoms with Gasteiger partial charge in [0.2, 0.25) is 0 Å². The zero-order valence-corrected chi connectivity index (χ0v) is 13.8. The van der Waals surface area contributed by atoms with E-state index < -0.39 is 28.5 Å². The molecule has 124 valence electrons. The SMILES string of the molecule is COC(=O)CN1C=C(OC(=O)C(C)C)c2ccccc2S1(=O)=O. The van der Waals surface area contributed by atoms with Crippen molar-refractivity contribution in [2.75, 3.05) is 13.7 Å². The number of sulfonamides is 1. The van der Waals surface area contributed by atoms with Gasteiger partial charge in [-0.15, -0.1) is 0 Å². The van der Waals surface area contributed by atoms with E-state index in [0.29, 0.717) is 0 Å². The number of ether oxygens (including phenoxy) is 2. The normalized spacial score (nSPS) is 15.7. The number of fused-ring (bicyclic) bond motifs is 1. The Kier molecular flexibility index (Phi) is 4.74. The molecule has 2 rings (SSSR count). The van der Waals surface area contributed by atoms with Crippen LogP contribution in [-0.2, 0) is 29.1 Å². The molecule has 0 saturated heterocycles. The summed E-state index contributed by atoms with van der Waals surface area (Å²) in [6.45, 7) is 2.83. The van der Waals surface area contributed by atoms with Gasteiger partial charge in [0.15, 0.2) is 5.76 Å². The monoisotopic (exact) mass is 339 g/mol. The minimum atomic E-state index is -3.91. The van der Waals surface area contributed by atoms with E-state index >= 15 is 0 Å². The van der Waals surface area contributed by atoms with Gasteiger partial charge in [-0.1, -0.05) is 26.0 Å². The Bertz CT molecular complexity index is 766. The maximum absolute atomic E-state index is 12.6. The van der Waals surface area contributed by atoms with Crippen LogP contribution in [0, 0.1) is 5.92 Å². The van der Waals surface area contributed by atoms with Crippen LogP contribution < -0.4 is 0 Å². The topological polar surface area (TPSA) is 90.0 Å². The van der Waals surface area contributed by atoms with E-state index in [1.807, 2.05) is 0 Å². The summed E-state index contributed by atoms with van der Waals surface area (Å²) in [7, 11) is -2.75. The summed E-state index contributed by atoms with van der Waals surface area (Å²) in [6, 6.07) is 6.13. The zero-order chi connectivity index (χ0) is 17.2. The number of hydrogen-bond donors (Lipinski definition) is 0. The molecule has 0 N–H and O–H groups in total. The van der Waals surface area contributed by atoms with E-state index in [9.17, 15) is 18.0 Å². The number of hydrogen-bond acceptors (Lipinski definition) is 6. The lowest BCUT2D eigenvalue weighted by molar-refractivity contribution is -0.140. The van der Waals surface area contributed by atoms with Gasteiger partial charge in [-0.2, -0.15) is 0 Å². The third kappa shape index (κ3) is 3.37. The van der Waals surface area contributed by atoms with Crippen LogP contribution in [0.1, 0.15) is 19.4 Å². The van der Waals surface area contributed by atoms with Gasteiger partial charge < -0.3 is 9.47 Å². The van der Waals surface area contributed by atoms with Crippen molar-refractivity contribution < 1.29 is 27.5 Å². The smallest absolute Gasteiger partial charge is 0.326 e. The molecule has 0 aromatic heterocycles. The predicted molar refractivity (Wildman–Crippen MR) is 81.3 cm³/mol. The Labute approximate surface area is 134 Å². The van der Waals surface area contributed by atoms with Crippen LogP contribution in [0.25, 0.3) is 5.76 Å². The van der Waals surface area contributed by atoms with Gasteiger partial charge in [0, 0.05) is 5.56 Å². The highest BCUT2D eigenvalue weighted by atomic mass is 32.2. The standard InChI is InChI=1S/C15H17NO6S/c1-10(2)15(18)22-12-8-16(9-14(17)21-3)23(19,20)13-7-5-4-6-11(12)13/h4-8,10H,9H2,1-3H3. The van der Waals surface area contributed by atoms with Crippen molar-refractivity contribution in [3.63, 3.8) is 0 Å². The number of carbonyl (C=O) groups excluding carboxylic acids is 2. The molecular weight excluding hydrogens is 322 g/mol.